The van der Waals surface area contributed by atoms with E-state index in [-0.39, 0.29) is 18.6 Å². The van der Waals surface area contributed by atoms with Crippen LogP contribution >= 0.6 is 0 Å². The molecule has 1 saturated carbocycles. The van der Waals surface area contributed by atoms with Crippen LogP contribution in [0.25, 0.3) is 0 Å². The largest absolute Gasteiger partial charge is 0.396 e. The number of nitrogens with one attached hydrogen (secondary N) is 1. The summed E-state index contributed by atoms with van der Waals surface area (Å²) >= 11 is 0. The van der Waals surface area contributed by atoms with E-state index >= 15 is 0 Å². The van der Waals surface area contributed by atoms with E-state index in [2.05, 4.69) is 22.3 Å². The maximum Gasteiger partial charge on any atom is 0.253 e. The van der Waals surface area contributed by atoms with Crippen molar-refractivity contribution in [1.29, 1.82) is 0 Å². The second-order valence-electron chi connectivity index (χ2n) is 7.35. The Bertz CT molecular complexity index is 561. The predicted molar refractivity (Wildman–Crippen MR) is 97.5 cm³/mol. The van der Waals surface area contributed by atoms with Crippen molar-refractivity contribution < 1.29 is 9.90 Å². The fourth-order valence-corrected chi connectivity index (χ4v) is 4.24. The van der Waals surface area contributed by atoms with Gasteiger partial charge in [-0.15, -0.1) is 0 Å². The normalized spacial score (nSPS) is 19.7. The number of carbonyl (C=O) groups is 1. The molecule has 2 aliphatic rings. The highest BCUT2D eigenvalue weighted by atomic mass is 16.3. The maximum absolute atomic E-state index is 13.0. The summed E-state index contributed by atoms with van der Waals surface area (Å²) < 4.78 is 0. The van der Waals surface area contributed by atoms with Gasteiger partial charge in [0.1, 0.15) is 0 Å². The predicted octanol–water partition coefficient (Wildman–Crippen LogP) is 3.27. The number of hydrogen-bond acceptors (Lipinski definition) is 3. The van der Waals surface area contributed by atoms with Gasteiger partial charge in [0.05, 0.1) is 5.56 Å². The Hall–Kier alpha value is -1.55. The summed E-state index contributed by atoms with van der Waals surface area (Å²) in [7, 11) is 0. The van der Waals surface area contributed by atoms with Gasteiger partial charge in [0.2, 0.25) is 0 Å². The molecule has 132 valence electrons. The Morgan fingerprint density at radius 3 is 2.62 bits per heavy atom. The molecule has 1 aromatic carbocycles. The fraction of sp³-hybridized carbons (Fsp3) is 0.650. The lowest BCUT2D eigenvalue weighted by Crippen LogP contribution is -2.40. The minimum Gasteiger partial charge on any atom is -0.396 e. The molecule has 1 saturated heterocycles. The first-order chi connectivity index (χ1) is 11.7. The molecule has 4 nitrogen and oxygen atoms in total. The molecule has 1 atom stereocenters. The van der Waals surface area contributed by atoms with Gasteiger partial charge < -0.3 is 15.3 Å². The molecular formula is C20H30N2O2. The number of carbonyl (C=O) groups excluding carboxylic acids is 1. The van der Waals surface area contributed by atoms with Gasteiger partial charge in [-0.2, -0.15) is 0 Å². The summed E-state index contributed by atoms with van der Waals surface area (Å²) in [6.45, 7) is 4.24. The highest BCUT2D eigenvalue weighted by Gasteiger charge is 2.27. The minimum absolute atomic E-state index is 0.0194. The van der Waals surface area contributed by atoms with Gasteiger partial charge >= 0.3 is 0 Å². The number of hydrogen-bond donors (Lipinski definition) is 2. The molecule has 1 aliphatic carbocycles. The van der Waals surface area contributed by atoms with E-state index in [0.29, 0.717) is 12.3 Å². The van der Waals surface area contributed by atoms with Gasteiger partial charge in [-0.25, -0.2) is 0 Å². The Morgan fingerprint density at radius 2 is 1.96 bits per heavy atom. The zero-order valence-corrected chi connectivity index (χ0v) is 14.8. The minimum atomic E-state index is 0.0194. The van der Waals surface area contributed by atoms with E-state index in [1.165, 1.54) is 25.7 Å². The van der Waals surface area contributed by atoms with Crippen molar-refractivity contribution in [3.8, 4) is 0 Å². The van der Waals surface area contributed by atoms with Crippen molar-refractivity contribution >= 4 is 11.6 Å². The molecule has 0 spiro atoms. The molecular weight excluding hydrogens is 300 g/mol. The number of aryl methyl sites for hydroxylation is 1. The average molecular weight is 330 g/mol. The molecule has 1 heterocycles. The molecule has 1 aromatic rings. The maximum atomic E-state index is 13.0. The van der Waals surface area contributed by atoms with E-state index in [9.17, 15) is 9.90 Å². The molecule has 24 heavy (non-hydrogen) atoms. The van der Waals surface area contributed by atoms with E-state index in [1.807, 2.05) is 13.0 Å². The van der Waals surface area contributed by atoms with Crippen LogP contribution in [-0.4, -0.2) is 36.8 Å². The molecule has 0 bridgehead atoms. The summed E-state index contributed by atoms with van der Waals surface area (Å²) in [5.41, 5.74) is 2.96. The van der Waals surface area contributed by atoms with Crippen LogP contribution in [0.4, 0.5) is 5.69 Å². The van der Waals surface area contributed by atoms with Gasteiger partial charge in [0.15, 0.2) is 0 Å². The number of benzene rings is 1. The molecule has 1 aliphatic heterocycles. The molecule has 1 amide bonds. The van der Waals surface area contributed by atoms with Gasteiger partial charge in [0, 0.05) is 31.4 Å². The SMILES string of the molecule is Cc1ccc(N2CCCC2)c(C(=O)NC(CCO)C2CCCC2)c1. The standard InChI is InChI=1S/C20H30N2O2/c1-15-8-9-19(22-11-4-5-12-22)17(14-15)20(24)21-18(10-13-23)16-6-2-3-7-16/h8-9,14,16,18,23H,2-7,10-13H2,1H3,(H,21,24). The highest BCUT2D eigenvalue weighted by Crippen LogP contribution is 2.30. The van der Waals surface area contributed by atoms with Gasteiger partial charge in [-0.05, 0) is 57.1 Å². The Balaban J connectivity index is 1.78. The zero-order valence-electron chi connectivity index (χ0n) is 14.8. The highest BCUT2D eigenvalue weighted by molar-refractivity contribution is 6.00. The lowest BCUT2D eigenvalue weighted by molar-refractivity contribution is 0.0912. The first-order valence-corrected chi connectivity index (χ1v) is 9.46. The van der Waals surface area contributed by atoms with Crippen LogP contribution in [0.5, 0.6) is 0 Å². The monoisotopic (exact) mass is 330 g/mol. The van der Waals surface area contributed by atoms with Crippen LogP contribution in [-0.2, 0) is 0 Å². The second-order valence-corrected chi connectivity index (χ2v) is 7.35. The molecule has 2 N–H and O–H groups in total. The van der Waals surface area contributed by atoms with Crippen LogP contribution in [0.3, 0.4) is 0 Å². The molecule has 3 rings (SSSR count). The number of aliphatic hydroxyl groups is 1. The molecule has 0 aromatic heterocycles. The van der Waals surface area contributed by atoms with Crippen LogP contribution in [0.1, 0.15) is 60.9 Å². The van der Waals surface area contributed by atoms with E-state index < -0.39 is 0 Å². The molecule has 4 heteroatoms. The van der Waals surface area contributed by atoms with Crippen molar-refractivity contribution in [1.82, 2.24) is 5.32 Å². The third-order valence-electron chi connectivity index (χ3n) is 5.57. The smallest absolute Gasteiger partial charge is 0.253 e. The van der Waals surface area contributed by atoms with Crippen molar-refractivity contribution in [2.24, 2.45) is 5.92 Å². The van der Waals surface area contributed by atoms with Crippen LogP contribution in [0, 0.1) is 12.8 Å². The fourth-order valence-electron chi connectivity index (χ4n) is 4.24. The van der Waals surface area contributed by atoms with Crippen LogP contribution < -0.4 is 10.2 Å². The van der Waals surface area contributed by atoms with Gasteiger partial charge in [-0.1, -0.05) is 24.5 Å². The van der Waals surface area contributed by atoms with E-state index in [4.69, 9.17) is 0 Å². The number of amides is 1. The summed E-state index contributed by atoms with van der Waals surface area (Å²) in [5, 5.41) is 12.6. The average Bonchev–Trinajstić information content (AvgIpc) is 3.28. The topological polar surface area (TPSA) is 52.6 Å². The van der Waals surface area contributed by atoms with Crippen molar-refractivity contribution in [2.75, 3.05) is 24.6 Å². The van der Waals surface area contributed by atoms with Crippen LogP contribution in [0.2, 0.25) is 0 Å². The van der Waals surface area contributed by atoms with E-state index in [0.717, 1.165) is 42.7 Å². The van der Waals surface area contributed by atoms with Gasteiger partial charge in [0.25, 0.3) is 5.91 Å². The first kappa shape index (κ1) is 17.3. The van der Waals surface area contributed by atoms with E-state index in [1.54, 1.807) is 0 Å². The number of nitrogens with zero attached hydrogens (tertiary/aromatic N) is 1. The van der Waals surface area contributed by atoms with Gasteiger partial charge in [-0.3, -0.25) is 4.79 Å². The number of anilines is 1. The quantitative estimate of drug-likeness (QED) is 0.842. The third kappa shape index (κ3) is 3.92. The number of rotatable bonds is 6. The molecule has 2 fully saturated rings. The Morgan fingerprint density at radius 1 is 1.25 bits per heavy atom. The Kier molecular flexibility index (Phi) is 5.77. The Labute approximate surface area is 145 Å². The third-order valence-corrected chi connectivity index (χ3v) is 5.57. The van der Waals surface area contributed by atoms with Crippen LogP contribution in [0.15, 0.2) is 18.2 Å². The summed E-state index contributed by atoms with van der Waals surface area (Å²) in [6.07, 6.45) is 7.86. The molecule has 0 radical (unpaired) electrons. The second kappa shape index (κ2) is 8.02. The van der Waals surface area contributed by atoms with Crippen molar-refractivity contribution in [3.05, 3.63) is 29.3 Å². The number of aliphatic hydroxyl groups excluding tert-OH is 1. The van der Waals surface area contributed by atoms with Crippen molar-refractivity contribution in [2.45, 2.75) is 57.9 Å². The first-order valence-electron chi connectivity index (χ1n) is 9.46. The molecule has 1 unspecified atom stereocenters. The summed E-state index contributed by atoms with van der Waals surface area (Å²) in [5.74, 6) is 0.534. The lowest BCUT2D eigenvalue weighted by atomic mass is 9.95. The van der Waals surface area contributed by atoms with Crippen molar-refractivity contribution in [3.63, 3.8) is 0 Å². The lowest BCUT2D eigenvalue weighted by Gasteiger charge is -2.26. The summed E-state index contributed by atoms with van der Waals surface area (Å²) in [4.78, 5) is 15.3. The summed E-state index contributed by atoms with van der Waals surface area (Å²) in [6, 6.07) is 6.28. The zero-order chi connectivity index (χ0) is 16.9.